The van der Waals surface area contributed by atoms with Crippen LogP contribution in [0, 0.1) is 5.92 Å². The van der Waals surface area contributed by atoms with Crippen LogP contribution in [0.25, 0.3) is 10.9 Å². The molecule has 0 aliphatic heterocycles. The van der Waals surface area contributed by atoms with Crippen LogP contribution in [0.1, 0.15) is 44.4 Å². The monoisotopic (exact) mass is 448 g/mol. The van der Waals surface area contributed by atoms with Crippen molar-refractivity contribution in [2.75, 3.05) is 12.4 Å². The Morgan fingerprint density at radius 1 is 1.18 bits per heavy atom. The lowest BCUT2D eigenvalue weighted by Gasteiger charge is -2.09. The number of unbranched alkanes of at least 4 members (excludes halogenated alkanes) is 1. The second-order valence-corrected chi connectivity index (χ2v) is 8.59. The van der Waals surface area contributed by atoms with Gasteiger partial charge in [0.1, 0.15) is 5.69 Å². The second kappa shape index (κ2) is 11.3. The number of carbonyl (C=O) groups excluding carboxylic acids is 2. The number of carbonyl (C=O) groups is 2. The Morgan fingerprint density at radius 3 is 2.76 bits per heavy atom. The number of amides is 2. The summed E-state index contributed by atoms with van der Waals surface area (Å²) < 4.78 is 1.59. The smallest absolute Gasteiger partial charge is 0.274 e. The van der Waals surface area contributed by atoms with Crippen LogP contribution in [-0.2, 0) is 22.6 Å². The highest BCUT2D eigenvalue weighted by Crippen LogP contribution is 2.22. The Balaban J connectivity index is 1.65. The molecule has 3 N–H and O–H groups in total. The van der Waals surface area contributed by atoms with Crippen molar-refractivity contribution >= 4 is 28.4 Å². The van der Waals surface area contributed by atoms with Gasteiger partial charge in [0.05, 0.1) is 6.54 Å². The van der Waals surface area contributed by atoms with Crippen molar-refractivity contribution in [1.82, 2.24) is 14.9 Å². The fourth-order valence-corrected chi connectivity index (χ4v) is 3.78. The number of rotatable bonds is 10. The van der Waals surface area contributed by atoms with E-state index in [1.165, 1.54) is 11.6 Å². The molecule has 0 saturated carbocycles. The number of hydrogen-bond acceptors (Lipinski definition) is 3. The molecular formula is C26H32N4O3. The standard InChI is InChI=1S/C26H32N4O3/c1-18(2)15-19-9-7-10-20-16-21(28-25(19)20)17-30-14-8-11-22(26(30)33)29-24(32)13-6-4-5-12-23(31)27-3/h5,7-12,14,16,18,28H,4,6,13,15,17H2,1-3H3,(H,27,31)(H,29,32)/b12-5+. The molecule has 2 heterocycles. The van der Waals surface area contributed by atoms with Crippen molar-refractivity contribution < 1.29 is 9.59 Å². The van der Waals surface area contributed by atoms with Crippen LogP contribution >= 0.6 is 0 Å². The molecule has 0 saturated heterocycles. The average Bonchev–Trinajstić information content (AvgIpc) is 3.19. The molecule has 7 nitrogen and oxygen atoms in total. The number of nitrogens with one attached hydrogen (secondary N) is 3. The van der Waals surface area contributed by atoms with E-state index in [0.29, 0.717) is 25.3 Å². The van der Waals surface area contributed by atoms with Gasteiger partial charge in [-0.2, -0.15) is 0 Å². The van der Waals surface area contributed by atoms with E-state index in [4.69, 9.17) is 0 Å². The summed E-state index contributed by atoms with van der Waals surface area (Å²) in [7, 11) is 1.56. The van der Waals surface area contributed by atoms with E-state index in [9.17, 15) is 14.4 Å². The molecule has 0 fully saturated rings. The van der Waals surface area contributed by atoms with E-state index in [2.05, 4.69) is 53.7 Å². The molecule has 2 amide bonds. The SMILES string of the molecule is CNC(=O)/C=C/CCCC(=O)Nc1cccn(Cc2cc3cccc(CC(C)C)c3[nH]2)c1=O. The van der Waals surface area contributed by atoms with Gasteiger partial charge in [-0.15, -0.1) is 0 Å². The summed E-state index contributed by atoms with van der Waals surface area (Å²) in [6.45, 7) is 4.79. The first-order chi connectivity index (χ1) is 15.9. The van der Waals surface area contributed by atoms with Gasteiger partial charge in [-0.05, 0) is 60.4 Å². The minimum Gasteiger partial charge on any atom is -0.357 e. The second-order valence-electron chi connectivity index (χ2n) is 8.59. The first-order valence-electron chi connectivity index (χ1n) is 11.3. The summed E-state index contributed by atoms with van der Waals surface area (Å²) >= 11 is 0. The molecule has 0 spiro atoms. The van der Waals surface area contributed by atoms with E-state index < -0.39 is 0 Å². The summed E-state index contributed by atoms with van der Waals surface area (Å²) in [5.74, 6) is 0.162. The maximum atomic E-state index is 12.9. The van der Waals surface area contributed by atoms with Crippen LogP contribution in [0.3, 0.4) is 0 Å². The maximum absolute atomic E-state index is 12.9. The lowest BCUT2D eigenvalue weighted by atomic mass is 10.0. The van der Waals surface area contributed by atoms with Gasteiger partial charge >= 0.3 is 0 Å². The highest BCUT2D eigenvalue weighted by molar-refractivity contribution is 5.90. The van der Waals surface area contributed by atoms with Crippen LogP contribution < -0.4 is 16.2 Å². The van der Waals surface area contributed by atoms with Crippen LogP contribution in [0.15, 0.2) is 59.5 Å². The van der Waals surface area contributed by atoms with Gasteiger partial charge in [-0.3, -0.25) is 14.4 Å². The number of aromatic amines is 1. The largest absolute Gasteiger partial charge is 0.357 e. The number of fused-ring (bicyclic) bond motifs is 1. The fourth-order valence-electron chi connectivity index (χ4n) is 3.78. The Hall–Kier alpha value is -3.61. The first-order valence-corrected chi connectivity index (χ1v) is 11.3. The van der Waals surface area contributed by atoms with E-state index >= 15 is 0 Å². The third-order valence-electron chi connectivity index (χ3n) is 5.35. The molecule has 0 radical (unpaired) electrons. The molecule has 0 unspecified atom stereocenters. The number of anilines is 1. The van der Waals surface area contributed by atoms with Crippen molar-refractivity contribution in [3.8, 4) is 0 Å². The van der Waals surface area contributed by atoms with E-state index in [1.807, 2.05) is 0 Å². The van der Waals surface area contributed by atoms with Gasteiger partial charge in [-0.1, -0.05) is 38.1 Å². The topological polar surface area (TPSA) is 96.0 Å². The van der Waals surface area contributed by atoms with Gasteiger partial charge in [0.15, 0.2) is 0 Å². The number of para-hydroxylation sites is 1. The lowest BCUT2D eigenvalue weighted by Crippen LogP contribution is -2.25. The van der Waals surface area contributed by atoms with Crippen LogP contribution in [-0.4, -0.2) is 28.4 Å². The van der Waals surface area contributed by atoms with Gasteiger partial charge < -0.3 is 20.2 Å². The summed E-state index contributed by atoms with van der Waals surface area (Å²) in [4.78, 5) is 39.8. The zero-order valence-corrected chi connectivity index (χ0v) is 19.5. The number of aromatic nitrogens is 2. The van der Waals surface area contributed by atoms with Gasteiger partial charge in [0.25, 0.3) is 5.56 Å². The summed E-state index contributed by atoms with van der Waals surface area (Å²) in [6.07, 6.45) is 7.36. The molecule has 33 heavy (non-hydrogen) atoms. The summed E-state index contributed by atoms with van der Waals surface area (Å²) in [5.41, 5.74) is 3.34. The molecule has 2 aromatic heterocycles. The maximum Gasteiger partial charge on any atom is 0.274 e. The Labute approximate surface area is 193 Å². The van der Waals surface area contributed by atoms with Crippen molar-refractivity contribution in [3.63, 3.8) is 0 Å². The van der Waals surface area contributed by atoms with Crippen molar-refractivity contribution in [2.45, 2.75) is 46.1 Å². The Bertz CT molecular complexity index is 1200. The first kappa shape index (κ1) is 24.0. The zero-order valence-electron chi connectivity index (χ0n) is 19.5. The summed E-state index contributed by atoms with van der Waals surface area (Å²) in [5, 5.41) is 6.35. The highest BCUT2D eigenvalue weighted by atomic mass is 16.2. The van der Waals surface area contributed by atoms with Crippen LogP contribution in [0.5, 0.6) is 0 Å². The third-order valence-corrected chi connectivity index (χ3v) is 5.35. The minimum atomic E-state index is -0.244. The third kappa shape index (κ3) is 6.68. The zero-order chi connectivity index (χ0) is 23.8. The molecule has 3 rings (SSSR count). The molecule has 0 atom stereocenters. The highest BCUT2D eigenvalue weighted by Gasteiger charge is 2.11. The van der Waals surface area contributed by atoms with Crippen molar-refractivity contribution in [1.29, 1.82) is 0 Å². The molecule has 7 heteroatoms. The molecule has 0 bridgehead atoms. The number of likely N-dealkylation sites (N-methyl/N-ethyl adjacent to an activating group) is 1. The van der Waals surface area contributed by atoms with E-state index in [0.717, 1.165) is 23.0 Å². The molecule has 1 aromatic carbocycles. The summed E-state index contributed by atoms with van der Waals surface area (Å²) in [6, 6.07) is 11.7. The number of nitrogens with zero attached hydrogens (tertiary/aromatic N) is 1. The van der Waals surface area contributed by atoms with Gasteiger partial charge in [0.2, 0.25) is 11.8 Å². The number of pyridine rings is 1. The predicted molar refractivity (Wildman–Crippen MR) is 132 cm³/mol. The van der Waals surface area contributed by atoms with Crippen LogP contribution in [0.4, 0.5) is 5.69 Å². The minimum absolute atomic E-state index is 0.171. The Morgan fingerprint density at radius 2 is 2.00 bits per heavy atom. The molecular weight excluding hydrogens is 416 g/mol. The number of benzene rings is 1. The van der Waals surface area contributed by atoms with Crippen molar-refractivity contribution in [3.05, 3.63) is 76.4 Å². The molecule has 0 aliphatic rings. The normalized spacial score (nSPS) is 11.4. The number of hydrogen-bond donors (Lipinski definition) is 3. The quantitative estimate of drug-likeness (QED) is 0.323. The van der Waals surface area contributed by atoms with Crippen molar-refractivity contribution in [2.24, 2.45) is 5.92 Å². The number of H-pyrrole nitrogens is 1. The van der Waals surface area contributed by atoms with Gasteiger partial charge in [0, 0.05) is 30.9 Å². The van der Waals surface area contributed by atoms with Gasteiger partial charge in [-0.25, -0.2) is 0 Å². The molecule has 3 aromatic rings. The lowest BCUT2D eigenvalue weighted by molar-refractivity contribution is -0.116. The van der Waals surface area contributed by atoms with E-state index in [-0.39, 0.29) is 29.5 Å². The molecule has 174 valence electrons. The predicted octanol–water partition coefficient (Wildman–Crippen LogP) is 3.99. The van der Waals surface area contributed by atoms with E-state index in [1.54, 1.807) is 36.0 Å². The Kier molecular flexibility index (Phi) is 8.24. The average molecular weight is 449 g/mol. The van der Waals surface area contributed by atoms with Crippen LogP contribution in [0.2, 0.25) is 0 Å². The molecule has 0 aliphatic carbocycles. The fraction of sp³-hybridized carbons (Fsp3) is 0.346. The number of allylic oxidation sites excluding steroid dienone is 1.